The predicted molar refractivity (Wildman–Crippen MR) is 299 cm³/mol. The Labute approximate surface area is 459 Å². The smallest absolute Gasteiger partial charge is 0.326 e. The molecule has 4 aromatic heterocycles. The van der Waals surface area contributed by atoms with Crippen molar-refractivity contribution in [2.24, 2.45) is 0 Å². The highest BCUT2D eigenvalue weighted by molar-refractivity contribution is 6.04. The number of amides is 4. The Hall–Kier alpha value is -10.8. The number of carboxylic acids is 4. The lowest BCUT2D eigenvalue weighted by molar-refractivity contribution is -0.140. The normalized spacial score (nSPS) is 12.8. The Morgan fingerprint density at radius 3 is 0.778 bits per heavy atom. The number of hydrogen-bond donors (Lipinski definition) is 12. The molecule has 4 unspecified atom stereocenters. The van der Waals surface area contributed by atoms with Crippen molar-refractivity contribution < 1.29 is 58.8 Å². The largest absolute Gasteiger partial charge is 0.480 e. The molecule has 0 bridgehead atoms. The number of nitrogens with one attached hydrogen (secondary N) is 8. The highest BCUT2D eigenvalue weighted by atomic mass is 16.4. The Morgan fingerprint density at radius 2 is 0.556 bits per heavy atom. The SMILES string of the molecule is O=C(NC(Cc1c[nH]c2ccccc12)C(=O)O)c1cc(Cc2cc(C(=O)NC(Cc3c[nH]c4ccccc34)C(=O)O)cc(C(=O)NC(Cc3c[nH]c4ccccc34)C(=O)O)c2)cc(C(=O)NC(Cc2c[nH]c3ccccc23)C(=O)O)c1. The third kappa shape index (κ3) is 12.0. The van der Waals surface area contributed by atoms with Gasteiger partial charge in [-0.05, 0) is 100 Å². The number of fused-ring (bicyclic) bond motifs is 4. The second kappa shape index (κ2) is 23.1. The number of para-hydroxylation sites is 4. The minimum Gasteiger partial charge on any atom is -0.480 e. The zero-order chi connectivity index (χ0) is 56.9. The van der Waals surface area contributed by atoms with Crippen LogP contribution in [0.25, 0.3) is 43.6 Å². The number of aromatic nitrogens is 4. The van der Waals surface area contributed by atoms with Crippen molar-refractivity contribution in [3.8, 4) is 0 Å². The van der Waals surface area contributed by atoms with E-state index in [2.05, 4.69) is 41.2 Å². The maximum absolute atomic E-state index is 14.4. The molecule has 4 heterocycles. The molecular formula is C61H52N8O12. The molecule has 10 aromatic rings. The molecule has 12 N–H and O–H groups in total. The van der Waals surface area contributed by atoms with Crippen LogP contribution in [0.2, 0.25) is 0 Å². The molecule has 0 aliphatic rings. The van der Waals surface area contributed by atoms with Crippen LogP contribution in [0.5, 0.6) is 0 Å². The highest BCUT2D eigenvalue weighted by Crippen LogP contribution is 2.25. The van der Waals surface area contributed by atoms with Crippen molar-refractivity contribution in [2.75, 3.05) is 0 Å². The van der Waals surface area contributed by atoms with Crippen LogP contribution >= 0.6 is 0 Å². The van der Waals surface area contributed by atoms with Crippen molar-refractivity contribution in [3.63, 3.8) is 0 Å². The van der Waals surface area contributed by atoms with E-state index in [-0.39, 0.29) is 65.5 Å². The molecule has 0 aliphatic heterocycles. The van der Waals surface area contributed by atoms with Crippen molar-refractivity contribution in [3.05, 3.63) is 214 Å². The van der Waals surface area contributed by atoms with Gasteiger partial charge in [0.1, 0.15) is 24.2 Å². The lowest BCUT2D eigenvalue weighted by Crippen LogP contribution is -2.43. The molecular weight excluding hydrogens is 1040 g/mol. The second-order valence-corrected chi connectivity index (χ2v) is 19.7. The standard InChI is InChI=1S/C61H52N8O12/c70-54(66-50(58(74)75)24-38-28-62-46-13-5-1-9-42(38)46)34-18-32(19-35(22-34)55(71)67-51(59(76)77)25-39-29-63-47-14-6-2-10-43(39)47)17-33-20-36(56(72)68-52(60(78)79)26-40-30-64-48-15-7-3-11-44(40)48)23-37(21-33)57(73)69-53(61(80)81)27-41-31-65-49-16-8-4-12-45(41)49/h1-16,18-23,28-31,50-53,62-65H,17,24-27H2,(H,66,70)(H,67,71)(H,68,72)(H,69,73)(H,74,75)(H,76,77)(H,78,79)(H,80,81). The maximum Gasteiger partial charge on any atom is 0.326 e. The van der Waals surface area contributed by atoms with Crippen LogP contribution in [0.1, 0.15) is 74.8 Å². The van der Waals surface area contributed by atoms with Gasteiger partial charge in [-0.15, -0.1) is 0 Å². The summed E-state index contributed by atoms with van der Waals surface area (Å²) in [6, 6.07) is 30.8. The van der Waals surface area contributed by atoms with E-state index in [1.807, 2.05) is 48.5 Å². The lowest BCUT2D eigenvalue weighted by atomic mass is 9.95. The summed E-state index contributed by atoms with van der Waals surface area (Å²) in [5.41, 5.74) is 4.95. The Morgan fingerprint density at radius 1 is 0.333 bits per heavy atom. The molecule has 0 spiro atoms. The Balaban J connectivity index is 1.00. The van der Waals surface area contributed by atoms with Gasteiger partial charge in [0.05, 0.1) is 0 Å². The van der Waals surface area contributed by atoms with Crippen molar-refractivity contribution in [1.29, 1.82) is 0 Å². The van der Waals surface area contributed by atoms with Crippen LogP contribution in [0.15, 0.2) is 158 Å². The maximum atomic E-state index is 14.4. The van der Waals surface area contributed by atoms with Crippen LogP contribution in [-0.2, 0) is 51.3 Å². The summed E-state index contributed by atoms with van der Waals surface area (Å²) < 4.78 is 0. The molecule has 81 heavy (non-hydrogen) atoms. The van der Waals surface area contributed by atoms with Crippen LogP contribution in [-0.4, -0.2) is 112 Å². The predicted octanol–water partition coefficient (Wildman–Crippen LogP) is 6.91. The fourth-order valence-electron chi connectivity index (χ4n) is 10.2. The van der Waals surface area contributed by atoms with Crippen LogP contribution in [0, 0.1) is 0 Å². The van der Waals surface area contributed by atoms with E-state index in [4.69, 9.17) is 0 Å². The average molecular weight is 1090 g/mol. The Bertz CT molecular complexity index is 3600. The fraction of sp³-hybridized carbons (Fsp3) is 0.148. The zero-order valence-electron chi connectivity index (χ0n) is 42.9. The van der Waals surface area contributed by atoms with Gasteiger partial charge in [0, 0.05) is 116 Å². The number of carbonyl (C=O) groups is 8. The lowest BCUT2D eigenvalue weighted by Gasteiger charge is -2.18. The van der Waals surface area contributed by atoms with Crippen molar-refractivity contribution in [2.45, 2.75) is 56.3 Å². The number of carboxylic acid groups (broad SMARTS) is 4. The van der Waals surface area contributed by atoms with E-state index in [1.165, 1.54) is 36.4 Å². The van der Waals surface area contributed by atoms with Gasteiger partial charge in [-0.25, -0.2) is 19.2 Å². The third-order valence-corrected chi connectivity index (χ3v) is 14.3. The van der Waals surface area contributed by atoms with Crippen LogP contribution in [0.3, 0.4) is 0 Å². The van der Waals surface area contributed by atoms with Gasteiger partial charge in [0.25, 0.3) is 23.6 Å². The van der Waals surface area contributed by atoms with E-state index >= 15 is 0 Å². The van der Waals surface area contributed by atoms with E-state index < -0.39 is 71.7 Å². The molecule has 0 saturated heterocycles. The first-order chi connectivity index (χ1) is 39.0. The van der Waals surface area contributed by atoms with E-state index in [0.717, 1.165) is 43.6 Å². The first-order valence-electron chi connectivity index (χ1n) is 25.7. The summed E-state index contributed by atoms with van der Waals surface area (Å²) in [7, 11) is 0. The van der Waals surface area contributed by atoms with Gasteiger partial charge in [-0.1, -0.05) is 72.8 Å². The molecule has 20 heteroatoms. The number of hydrogen-bond acceptors (Lipinski definition) is 8. The number of carbonyl (C=O) groups excluding carboxylic acids is 4. The zero-order valence-corrected chi connectivity index (χ0v) is 42.9. The number of aliphatic carboxylic acids is 4. The molecule has 10 rings (SSSR count). The molecule has 4 atom stereocenters. The van der Waals surface area contributed by atoms with Gasteiger partial charge >= 0.3 is 23.9 Å². The quantitative estimate of drug-likeness (QED) is 0.0330. The first-order valence-corrected chi connectivity index (χ1v) is 25.7. The van der Waals surface area contributed by atoms with E-state index in [9.17, 15) is 58.8 Å². The first kappa shape index (κ1) is 53.6. The molecule has 0 fully saturated rings. The topological polar surface area (TPSA) is 329 Å². The van der Waals surface area contributed by atoms with E-state index in [0.29, 0.717) is 22.3 Å². The summed E-state index contributed by atoms with van der Waals surface area (Å²) in [6.45, 7) is 0. The summed E-state index contributed by atoms with van der Waals surface area (Å²) in [6.07, 6.45) is 5.77. The average Bonchev–Trinajstić information content (AvgIpc) is 4.29. The van der Waals surface area contributed by atoms with Gasteiger partial charge in [0.2, 0.25) is 0 Å². The molecule has 4 amide bonds. The van der Waals surface area contributed by atoms with E-state index in [1.54, 1.807) is 73.3 Å². The third-order valence-electron chi connectivity index (χ3n) is 14.3. The number of rotatable bonds is 22. The van der Waals surface area contributed by atoms with Crippen LogP contribution < -0.4 is 21.3 Å². The minimum atomic E-state index is -1.47. The van der Waals surface area contributed by atoms with Crippen molar-refractivity contribution >= 4 is 91.1 Å². The van der Waals surface area contributed by atoms with Gasteiger partial charge < -0.3 is 61.6 Å². The highest BCUT2D eigenvalue weighted by Gasteiger charge is 2.29. The van der Waals surface area contributed by atoms with Gasteiger partial charge in [-0.3, -0.25) is 19.2 Å². The summed E-state index contributed by atoms with van der Waals surface area (Å²) >= 11 is 0. The molecule has 408 valence electrons. The van der Waals surface area contributed by atoms with Crippen molar-refractivity contribution in [1.82, 2.24) is 41.2 Å². The summed E-state index contributed by atoms with van der Waals surface area (Å²) in [4.78, 5) is 121. The van der Waals surface area contributed by atoms with Crippen LogP contribution in [0.4, 0.5) is 0 Å². The monoisotopic (exact) mass is 1090 g/mol. The van der Waals surface area contributed by atoms with Gasteiger partial charge in [0.15, 0.2) is 0 Å². The molecule has 0 radical (unpaired) electrons. The number of H-pyrrole nitrogens is 4. The molecule has 20 nitrogen and oxygen atoms in total. The number of aromatic amines is 4. The number of benzene rings is 6. The minimum absolute atomic E-state index is 0.138. The summed E-state index contributed by atoms with van der Waals surface area (Å²) in [5, 5.41) is 54.8. The van der Waals surface area contributed by atoms with Gasteiger partial charge in [-0.2, -0.15) is 0 Å². The molecule has 0 aliphatic carbocycles. The molecule has 0 saturated carbocycles. The fourth-order valence-corrected chi connectivity index (χ4v) is 10.2. The summed E-state index contributed by atoms with van der Waals surface area (Å²) in [5.74, 6) is -9.08. The Kier molecular flexibility index (Phi) is 15.3. The second-order valence-electron chi connectivity index (χ2n) is 19.7. The molecule has 6 aromatic carbocycles.